The molecule has 2 atom stereocenters. The zero-order valence-electron chi connectivity index (χ0n) is 12.2. The molecule has 0 aliphatic heterocycles. The maximum atomic E-state index is 12.0. The Morgan fingerprint density at radius 3 is 2.70 bits per heavy atom. The Bertz CT molecular complexity index is 475. The number of carbonyl (C=O) groups excluding carboxylic acids is 1. The van der Waals surface area contributed by atoms with Crippen LogP contribution in [0, 0.1) is 5.41 Å². The van der Waals surface area contributed by atoms with E-state index >= 15 is 0 Å². The maximum Gasteiger partial charge on any atom is 0.251 e. The Kier molecular flexibility index (Phi) is 4.11. The van der Waals surface area contributed by atoms with E-state index in [0.29, 0.717) is 18.6 Å². The number of nitrogens with zero attached hydrogens (tertiary/aromatic N) is 1. The number of amides is 1. The number of aromatic nitrogens is 1. The van der Waals surface area contributed by atoms with E-state index < -0.39 is 5.60 Å². The Morgan fingerprint density at radius 2 is 2.15 bits per heavy atom. The van der Waals surface area contributed by atoms with Gasteiger partial charge >= 0.3 is 0 Å². The molecule has 0 radical (unpaired) electrons. The van der Waals surface area contributed by atoms with Crippen molar-refractivity contribution in [3.8, 4) is 0 Å². The van der Waals surface area contributed by atoms with Crippen LogP contribution in [0.15, 0.2) is 24.5 Å². The molecular formula is C15H22N2O3. The van der Waals surface area contributed by atoms with Gasteiger partial charge in [0.1, 0.15) is 0 Å². The summed E-state index contributed by atoms with van der Waals surface area (Å²) in [7, 11) is 0. The molecule has 5 nitrogen and oxygen atoms in total. The molecule has 1 aromatic rings. The summed E-state index contributed by atoms with van der Waals surface area (Å²) < 4.78 is 5.60. The maximum absolute atomic E-state index is 12.0. The molecule has 0 saturated heterocycles. The number of hydrogen-bond acceptors (Lipinski definition) is 4. The lowest BCUT2D eigenvalue weighted by atomic mass is 9.56. The van der Waals surface area contributed by atoms with E-state index in [0.717, 1.165) is 0 Å². The molecule has 110 valence electrons. The van der Waals surface area contributed by atoms with Crippen molar-refractivity contribution in [2.24, 2.45) is 5.41 Å². The van der Waals surface area contributed by atoms with Gasteiger partial charge in [0, 0.05) is 42.9 Å². The minimum Gasteiger partial charge on any atom is -0.387 e. The first-order valence-corrected chi connectivity index (χ1v) is 6.93. The van der Waals surface area contributed by atoms with Crippen LogP contribution >= 0.6 is 0 Å². The molecule has 0 unspecified atom stereocenters. The molecule has 1 aliphatic carbocycles. The van der Waals surface area contributed by atoms with Crippen LogP contribution < -0.4 is 5.32 Å². The SMILES string of the molecule is CCO[C@H]1C[C@](O)(CNC(=O)c2ccncc2)C1(C)C. The summed E-state index contributed by atoms with van der Waals surface area (Å²) >= 11 is 0. The molecule has 5 heteroatoms. The molecule has 2 rings (SSSR count). The van der Waals surface area contributed by atoms with Crippen molar-refractivity contribution in [1.82, 2.24) is 10.3 Å². The molecular weight excluding hydrogens is 256 g/mol. The second-order valence-corrected chi connectivity index (χ2v) is 5.82. The first kappa shape index (κ1) is 14.9. The van der Waals surface area contributed by atoms with Crippen molar-refractivity contribution in [3.05, 3.63) is 30.1 Å². The number of nitrogens with one attached hydrogen (secondary N) is 1. The Hall–Kier alpha value is -1.46. The summed E-state index contributed by atoms with van der Waals surface area (Å²) in [5.74, 6) is -0.198. The topological polar surface area (TPSA) is 71.5 Å². The van der Waals surface area contributed by atoms with Crippen molar-refractivity contribution in [1.29, 1.82) is 0 Å². The van der Waals surface area contributed by atoms with Crippen molar-refractivity contribution in [2.45, 2.75) is 38.9 Å². The highest BCUT2D eigenvalue weighted by Gasteiger charge is 2.59. The van der Waals surface area contributed by atoms with Crippen molar-refractivity contribution in [3.63, 3.8) is 0 Å². The van der Waals surface area contributed by atoms with E-state index in [9.17, 15) is 9.90 Å². The Morgan fingerprint density at radius 1 is 1.50 bits per heavy atom. The highest BCUT2D eigenvalue weighted by molar-refractivity contribution is 5.94. The molecule has 0 bridgehead atoms. The van der Waals surface area contributed by atoms with E-state index in [1.165, 1.54) is 0 Å². The molecule has 1 heterocycles. The monoisotopic (exact) mass is 278 g/mol. The number of rotatable bonds is 5. The van der Waals surface area contributed by atoms with Gasteiger partial charge in [-0.25, -0.2) is 0 Å². The zero-order valence-corrected chi connectivity index (χ0v) is 12.2. The third kappa shape index (κ3) is 2.55. The number of hydrogen-bond donors (Lipinski definition) is 2. The lowest BCUT2D eigenvalue weighted by Gasteiger charge is -2.57. The van der Waals surface area contributed by atoms with Gasteiger partial charge in [0.15, 0.2) is 0 Å². The lowest BCUT2D eigenvalue weighted by Crippen LogP contribution is -2.68. The van der Waals surface area contributed by atoms with Gasteiger partial charge in [-0.15, -0.1) is 0 Å². The first-order valence-electron chi connectivity index (χ1n) is 6.93. The van der Waals surface area contributed by atoms with E-state index in [2.05, 4.69) is 10.3 Å². The second kappa shape index (κ2) is 5.50. The molecule has 1 aliphatic rings. The summed E-state index contributed by atoms with van der Waals surface area (Å²) in [5, 5.41) is 13.4. The van der Waals surface area contributed by atoms with Crippen LogP contribution in [-0.4, -0.2) is 40.9 Å². The third-order valence-electron chi connectivity index (χ3n) is 4.38. The summed E-state index contributed by atoms with van der Waals surface area (Å²) in [4.78, 5) is 15.8. The normalized spacial score (nSPS) is 27.7. The number of aliphatic hydroxyl groups is 1. The minimum absolute atomic E-state index is 0.0373. The van der Waals surface area contributed by atoms with Crippen LogP contribution in [-0.2, 0) is 4.74 Å². The van der Waals surface area contributed by atoms with Gasteiger partial charge in [-0.2, -0.15) is 0 Å². The van der Waals surface area contributed by atoms with Gasteiger partial charge in [-0.3, -0.25) is 9.78 Å². The van der Waals surface area contributed by atoms with Crippen molar-refractivity contribution in [2.75, 3.05) is 13.2 Å². The van der Waals surface area contributed by atoms with Crippen molar-refractivity contribution < 1.29 is 14.6 Å². The largest absolute Gasteiger partial charge is 0.387 e. The van der Waals surface area contributed by atoms with Crippen LogP contribution in [0.25, 0.3) is 0 Å². The predicted molar refractivity (Wildman–Crippen MR) is 75.3 cm³/mol. The highest BCUT2D eigenvalue weighted by Crippen LogP contribution is 2.50. The van der Waals surface area contributed by atoms with E-state index in [1.54, 1.807) is 24.5 Å². The predicted octanol–water partition coefficient (Wildman–Crippen LogP) is 1.38. The zero-order chi connectivity index (χ0) is 14.8. The lowest BCUT2D eigenvalue weighted by molar-refractivity contribution is -0.237. The van der Waals surface area contributed by atoms with E-state index in [-0.39, 0.29) is 24.0 Å². The molecule has 1 saturated carbocycles. The first-order chi connectivity index (χ1) is 9.40. The average Bonchev–Trinajstić information content (AvgIpc) is 2.45. The van der Waals surface area contributed by atoms with E-state index in [4.69, 9.17) is 4.74 Å². The van der Waals surface area contributed by atoms with Gasteiger partial charge in [-0.1, -0.05) is 13.8 Å². The van der Waals surface area contributed by atoms with Crippen LogP contribution in [0.5, 0.6) is 0 Å². The van der Waals surface area contributed by atoms with Gasteiger partial charge in [0.2, 0.25) is 0 Å². The molecule has 2 N–H and O–H groups in total. The van der Waals surface area contributed by atoms with Crippen LogP contribution in [0.2, 0.25) is 0 Å². The van der Waals surface area contributed by atoms with Gasteiger partial charge in [-0.05, 0) is 19.1 Å². The number of carbonyl (C=O) groups is 1. The summed E-state index contributed by atoms with van der Waals surface area (Å²) in [5.41, 5.74) is -0.744. The fourth-order valence-corrected chi connectivity index (χ4v) is 2.59. The summed E-state index contributed by atoms with van der Waals surface area (Å²) in [6.07, 6.45) is 3.73. The van der Waals surface area contributed by atoms with Gasteiger partial charge in [0.05, 0.1) is 11.7 Å². The minimum atomic E-state index is -0.921. The number of pyridine rings is 1. The fourth-order valence-electron chi connectivity index (χ4n) is 2.59. The summed E-state index contributed by atoms with van der Waals surface area (Å²) in [6, 6.07) is 3.29. The standard InChI is InChI=1S/C15H22N2O3/c1-4-20-12-9-15(19,14(12,2)3)10-17-13(18)11-5-7-16-8-6-11/h5-8,12,19H,4,9-10H2,1-3H3,(H,17,18)/t12-,15-/m0/s1. The highest BCUT2D eigenvalue weighted by atomic mass is 16.5. The third-order valence-corrected chi connectivity index (χ3v) is 4.38. The molecule has 1 amide bonds. The van der Waals surface area contributed by atoms with Crippen LogP contribution in [0.3, 0.4) is 0 Å². The van der Waals surface area contributed by atoms with Crippen LogP contribution in [0.4, 0.5) is 0 Å². The molecule has 0 aromatic carbocycles. The molecule has 20 heavy (non-hydrogen) atoms. The quantitative estimate of drug-likeness (QED) is 0.853. The van der Waals surface area contributed by atoms with Gasteiger partial charge < -0.3 is 15.2 Å². The molecule has 1 fully saturated rings. The molecule has 0 spiro atoms. The van der Waals surface area contributed by atoms with Gasteiger partial charge in [0.25, 0.3) is 5.91 Å². The smallest absolute Gasteiger partial charge is 0.251 e. The van der Waals surface area contributed by atoms with Crippen LogP contribution in [0.1, 0.15) is 37.6 Å². The fraction of sp³-hybridized carbons (Fsp3) is 0.600. The second-order valence-electron chi connectivity index (χ2n) is 5.82. The Labute approximate surface area is 119 Å². The summed E-state index contributed by atoms with van der Waals surface area (Å²) in [6.45, 7) is 6.74. The Balaban J connectivity index is 1.93. The van der Waals surface area contributed by atoms with E-state index in [1.807, 2.05) is 20.8 Å². The number of ether oxygens (including phenoxy) is 1. The van der Waals surface area contributed by atoms with Crippen molar-refractivity contribution >= 4 is 5.91 Å². The average molecular weight is 278 g/mol. The molecule has 1 aromatic heterocycles.